The standard InChI is InChI=1S/C26H32Cl2N2O2/c1-2-10-25(31)30(18-21-22(27)15-9-16-23(21)28)24(17-19-11-5-3-6-12-19)26(32)29-20-13-7-4-8-14-20/h3,5-6,9,11-12,15-16,20,24H,2,4,7-8,10,13-14,17-18H2,1H3,(H,29,32)/t24-/m1/s1. The predicted molar refractivity (Wildman–Crippen MR) is 131 cm³/mol. The smallest absolute Gasteiger partial charge is 0.243 e. The highest BCUT2D eigenvalue weighted by molar-refractivity contribution is 6.36. The third kappa shape index (κ3) is 6.73. The lowest BCUT2D eigenvalue weighted by Gasteiger charge is -2.34. The third-order valence-corrected chi connectivity index (χ3v) is 6.78. The summed E-state index contributed by atoms with van der Waals surface area (Å²) >= 11 is 12.9. The zero-order valence-electron chi connectivity index (χ0n) is 18.7. The van der Waals surface area contributed by atoms with Crippen molar-refractivity contribution >= 4 is 35.0 Å². The Morgan fingerprint density at radius 3 is 2.28 bits per heavy atom. The van der Waals surface area contributed by atoms with E-state index in [1.54, 1.807) is 23.1 Å². The van der Waals surface area contributed by atoms with Gasteiger partial charge in [0.15, 0.2) is 0 Å². The molecule has 0 heterocycles. The van der Waals surface area contributed by atoms with Crippen molar-refractivity contribution in [3.8, 4) is 0 Å². The molecule has 6 heteroatoms. The molecule has 4 nitrogen and oxygen atoms in total. The maximum Gasteiger partial charge on any atom is 0.243 e. The summed E-state index contributed by atoms with van der Waals surface area (Å²) in [4.78, 5) is 28.5. The van der Waals surface area contributed by atoms with Gasteiger partial charge in [-0.05, 0) is 37.0 Å². The van der Waals surface area contributed by atoms with Crippen molar-refractivity contribution in [3.05, 3.63) is 69.7 Å². The number of nitrogens with zero attached hydrogens (tertiary/aromatic N) is 1. The fraction of sp³-hybridized carbons (Fsp3) is 0.462. The summed E-state index contributed by atoms with van der Waals surface area (Å²) < 4.78 is 0. The minimum absolute atomic E-state index is 0.0665. The van der Waals surface area contributed by atoms with Crippen molar-refractivity contribution in [3.63, 3.8) is 0 Å². The normalized spacial score (nSPS) is 15.2. The Morgan fingerprint density at radius 2 is 1.66 bits per heavy atom. The molecule has 2 aromatic rings. The van der Waals surface area contributed by atoms with Crippen molar-refractivity contribution in [1.82, 2.24) is 10.2 Å². The van der Waals surface area contributed by atoms with E-state index >= 15 is 0 Å². The molecule has 0 unspecified atom stereocenters. The first-order chi connectivity index (χ1) is 15.5. The summed E-state index contributed by atoms with van der Waals surface area (Å²) in [6, 6.07) is 14.7. The van der Waals surface area contributed by atoms with Crippen LogP contribution in [-0.4, -0.2) is 28.8 Å². The Kier molecular flexibility index (Phi) is 9.43. The molecule has 1 saturated carbocycles. The first-order valence-electron chi connectivity index (χ1n) is 11.6. The van der Waals surface area contributed by atoms with E-state index in [1.807, 2.05) is 37.3 Å². The molecule has 0 radical (unpaired) electrons. The van der Waals surface area contributed by atoms with Crippen LogP contribution in [0.2, 0.25) is 10.0 Å². The Hall–Kier alpha value is -2.04. The molecule has 0 spiro atoms. The van der Waals surface area contributed by atoms with Gasteiger partial charge in [0.1, 0.15) is 6.04 Å². The fourth-order valence-electron chi connectivity index (χ4n) is 4.31. The highest BCUT2D eigenvalue weighted by Gasteiger charge is 2.32. The van der Waals surface area contributed by atoms with E-state index in [2.05, 4.69) is 5.32 Å². The van der Waals surface area contributed by atoms with Crippen LogP contribution < -0.4 is 5.32 Å². The van der Waals surface area contributed by atoms with Crippen LogP contribution in [0.25, 0.3) is 0 Å². The second-order valence-corrected chi connectivity index (χ2v) is 9.34. The molecule has 0 saturated heterocycles. The number of hydrogen-bond acceptors (Lipinski definition) is 2. The van der Waals surface area contributed by atoms with E-state index in [0.29, 0.717) is 34.9 Å². The summed E-state index contributed by atoms with van der Waals surface area (Å²) in [5.41, 5.74) is 1.68. The summed E-state index contributed by atoms with van der Waals surface area (Å²) in [5, 5.41) is 4.23. The van der Waals surface area contributed by atoms with Gasteiger partial charge in [0.25, 0.3) is 0 Å². The average Bonchev–Trinajstić information content (AvgIpc) is 2.79. The largest absolute Gasteiger partial charge is 0.352 e. The van der Waals surface area contributed by atoms with Gasteiger partial charge in [-0.3, -0.25) is 9.59 Å². The molecule has 1 aliphatic rings. The Morgan fingerprint density at radius 1 is 1.00 bits per heavy atom. The van der Waals surface area contributed by atoms with Crippen LogP contribution in [0.15, 0.2) is 48.5 Å². The van der Waals surface area contributed by atoms with E-state index in [4.69, 9.17) is 23.2 Å². The predicted octanol–water partition coefficient (Wildman–Crippen LogP) is 6.18. The molecular weight excluding hydrogens is 443 g/mol. The second-order valence-electron chi connectivity index (χ2n) is 8.52. The topological polar surface area (TPSA) is 49.4 Å². The summed E-state index contributed by atoms with van der Waals surface area (Å²) in [5.74, 6) is -0.170. The zero-order valence-corrected chi connectivity index (χ0v) is 20.2. The van der Waals surface area contributed by atoms with Crippen LogP contribution in [0.1, 0.15) is 63.0 Å². The molecule has 2 amide bonds. The number of nitrogens with one attached hydrogen (secondary N) is 1. The molecule has 0 aromatic heterocycles. The van der Waals surface area contributed by atoms with E-state index < -0.39 is 6.04 Å². The van der Waals surface area contributed by atoms with Gasteiger partial charge in [0, 0.05) is 41.0 Å². The number of halogens is 2. The maximum absolute atomic E-state index is 13.6. The molecule has 1 aliphatic carbocycles. The molecule has 1 atom stereocenters. The van der Waals surface area contributed by atoms with Crippen molar-refractivity contribution < 1.29 is 9.59 Å². The Bertz CT molecular complexity index is 878. The van der Waals surface area contributed by atoms with Gasteiger partial charge in [-0.1, -0.05) is 85.8 Å². The molecule has 2 aromatic carbocycles. The monoisotopic (exact) mass is 474 g/mol. The summed E-state index contributed by atoms with van der Waals surface area (Å²) in [6.45, 7) is 2.17. The van der Waals surface area contributed by atoms with Gasteiger partial charge in [0.2, 0.25) is 11.8 Å². The maximum atomic E-state index is 13.6. The molecule has 32 heavy (non-hydrogen) atoms. The van der Waals surface area contributed by atoms with Crippen molar-refractivity contribution in [2.24, 2.45) is 0 Å². The zero-order chi connectivity index (χ0) is 22.9. The lowest BCUT2D eigenvalue weighted by Crippen LogP contribution is -2.52. The van der Waals surface area contributed by atoms with Gasteiger partial charge in [-0.15, -0.1) is 0 Å². The van der Waals surface area contributed by atoms with Crippen molar-refractivity contribution in [2.45, 2.75) is 76.9 Å². The SMILES string of the molecule is CCCC(=O)N(Cc1c(Cl)cccc1Cl)[C@H](Cc1ccccc1)C(=O)NC1CCCCC1. The van der Waals surface area contributed by atoms with E-state index in [1.165, 1.54) is 6.42 Å². The van der Waals surface area contributed by atoms with Gasteiger partial charge < -0.3 is 10.2 Å². The molecular formula is C26H32Cl2N2O2. The molecule has 3 rings (SSSR count). The first kappa shape index (κ1) is 24.6. The first-order valence-corrected chi connectivity index (χ1v) is 12.3. The van der Waals surface area contributed by atoms with E-state index in [9.17, 15) is 9.59 Å². The lowest BCUT2D eigenvalue weighted by atomic mass is 9.94. The fourth-order valence-corrected chi connectivity index (χ4v) is 4.83. The van der Waals surface area contributed by atoms with Crippen LogP contribution in [0.3, 0.4) is 0 Å². The van der Waals surface area contributed by atoms with Crippen LogP contribution in [0, 0.1) is 0 Å². The lowest BCUT2D eigenvalue weighted by molar-refractivity contribution is -0.141. The third-order valence-electron chi connectivity index (χ3n) is 6.08. The highest BCUT2D eigenvalue weighted by atomic mass is 35.5. The van der Waals surface area contributed by atoms with Gasteiger partial charge >= 0.3 is 0 Å². The van der Waals surface area contributed by atoms with Crippen molar-refractivity contribution in [2.75, 3.05) is 0 Å². The number of amides is 2. The van der Waals surface area contributed by atoms with E-state index in [0.717, 1.165) is 31.2 Å². The van der Waals surface area contributed by atoms with Crippen LogP contribution in [0.5, 0.6) is 0 Å². The molecule has 0 aliphatic heterocycles. The van der Waals surface area contributed by atoms with Gasteiger partial charge in [0.05, 0.1) is 0 Å². The molecule has 172 valence electrons. The Labute approximate surface area is 201 Å². The van der Waals surface area contributed by atoms with Crippen LogP contribution in [0.4, 0.5) is 0 Å². The highest BCUT2D eigenvalue weighted by Crippen LogP contribution is 2.28. The van der Waals surface area contributed by atoms with Gasteiger partial charge in [-0.25, -0.2) is 0 Å². The van der Waals surface area contributed by atoms with Gasteiger partial charge in [-0.2, -0.15) is 0 Å². The Balaban J connectivity index is 1.93. The number of benzene rings is 2. The minimum Gasteiger partial charge on any atom is -0.352 e. The molecule has 1 N–H and O–H groups in total. The average molecular weight is 475 g/mol. The molecule has 0 bridgehead atoms. The summed E-state index contributed by atoms with van der Waals surface area (Å²) in [6.07, 6.45) is 6.96. The second kappa shape index (κ2) is 12.3. The molecule has 1 fully saturated rings. The van der Waals surface area contributed by atoms with E-state index in [-0.39, 0.29) is 24.4 Å². The van der Waals surface area contributed by atoms with Crippen molar-refractivity contribution in [1.29, 1.82) is 0 Å². The van der Waals surface area contributed by atoms with Crippen LogP contribution in [-0.2, 0) is 22.6 Å². The number of rotatable bonds is 9. The van der Waals surface area contributed by atoms with Crippen LogP contribution >= 0.6 is 23.2 Å². The number of carbonyl (C=O) groups is 2. The summed E-state index contributed by atoms with van der Waals surface area (Å²) in [7, 11) is 0. The number of hydrogen-bond donors (Lipinski definition) is 1. The minimum atomic E-state index is -0.634. The quantitative estimate of drug-likeness (QED) is 0.471. The number of carbonyl (C=O) groups excluding carboxylic acids is 2.